The lowest BCUT2D eigenvalue weighted by Crippen LogP contribution is -2.39. The molecule has 0 fully saturated rings. The quantitative estimate of drug-likeness (QED) is 0.341. The number of aryl methyl sites for hydroxylation is 1. The Morgan fingerprint density at radius 1 is 1.26 bits per heavy atom. The number of hydrogen-bond donors (Lipinski definition) is 4. The number of amides is 1. The van der Waals surface area contributed by atoms with E-state index in [1.54, 1.807) is 13.0 Å². The second-order valence-corrected chi connectivity index (χ2v) is 10.4. The Balaban J connectivity index is 1.92. The number of ether oxygens (including phenoxy) is 1. The van der Waals surface area contributed by atoms with Gasteiger partial charge in [-0.05, 0) is 56.5 Å². The van der Waals surface area contributed by atoms with Crippen molar-refractivity contribution in [2.75, 3.05) is 22.8 Å². The number of nitrogens with zero attached hydrogens (tertiary/aromatic N) is 2. The van der Waals surface area contributed by atoms with Crippen molar-refractivity contribution in [2.24, 2.45) is 0 Å². The summed E-state index contributed by atoms with van der Waals surface area (Å²) in [5, 5.41) is 15.8. The number of aromatic nitrogens is 2. The minimum Gasteiger partial charge on any atom is -0.479 e. The summed E-state index contributed by atoms with van der Waals surface area (Å²) in [5.41, 5.74) is 2.41. The zero-order chi connectivity index (χ0) is 25.0. The van der Waals surface area contributed by atoms with Crippen LogP contribution >= 0.6 is 0 Å². The number of rotatable bonds is 9. The first-order valence-electron chi connectivity index (χ1n) is 10.5. The van der Waals surface area contributed by atoms with Crippen LogP contribution in [-0.4, -0.2) is 56.1 Å². The second-order valence-electron chi connectivity index (χ2n) is 8.14. The molecule has 1 aromatic heterocycles. The fraction of sp³-hybridized carbons (Fsp3) is 0.304. The van der Waals surface area contributed by atoms with E-state index in [0.29, 0.717) is 28.1 Å². The summed E-state index contributed by atoms with van der Waals surface area (Å²) in [6, 6.07) is 7.46. The van der Waals surface area contributed by atoms with E-state index in [4.69, 9.17) is 4.74 Å². The summed E-state index contributed by atoms with van der Waals surface area (Å²) >= 11 is 0. The lowest BCUT2D eigenvalue weighted by atomic mass is 10.1. The van der Waals surface area contributed by atoms with Crippen LogP contribution in [0.5, 0.6) is 5.75 Å². The van der Waals surface area contributed by atoms with Gasteiger partial charge in [-0.2, -0.15) is 0 Å². The number of carbonyl (C=O) groups is 1. The lowest BCUT2D eigenvalue weighted by Gasteiger charge is -2.19. The number of benzene rings is 2. The Kier molecular flexibility index (Phi) is 7.57. The molecule has 1 amide bonds. The molecular formula is C23H28FN5O4S. The van der Waals surface area contributed by atoms with Gasteiger partial charge in [0.05, 0.1) is 17.3 Å². The average molecular weight is 490 g/mol. The molecule has 3 aromatic rings. The molecule has 0 aliphatic heterocycles. The lowest BCUT2D eigenvalue weighted by molar-refractivity contribution is -0.127. The van der Waals surface area contributed by atoms with E-state index in [0.717, 1.165) is 5.56 Å². The van der Waals surface area contributed by atoms with Crippen LogP contribution in [-0.2, 0) is 14.5 Å². The van der Waals surface area contributed by atoms with Crippen molar-refractivity contribution in [2.45, 2.75) is 33.0 Å². The molecule has 2 aromatic carbocycles. The number of hydrogen-bond acceptors (Lipinski definition) is 7. The molecule has 0 bridgehead atoms. The summed E-state index contributed by atoms with van der Waals surface area (Å²) in [6.45, 7) is 5.01. The van der Waals surface area contributed by atoms with Crippen molar-refractivity contribution in [3.8, 4) is 5.75 Å². The van der Waals surface area contributed by atoms with Gasteiger partial charge in [0.25, 0.3) is 5.91 Å². The molecule has 2 unspecified atom stereocenters. The minimum absolute atomic E-state index is 0.0743. The van der Waals surface area contributed by atoms with Gasteiger partial charge in [-0.3, -0.25) is 4.79 Å². The molecule has 4 N–H and O–H groups in total. The van der Waals surface area contributed by atoms with Crippen molar-refractivity contribution >= 4 is 49.6 Å². The largest absolute Gasteiger partial charge is 0.479 e. The third kappa shape index (κ3) is 6.55. The molecule has 11 heteroatoms. The van der Waals surface area contributed by atoms with Gasteiger partial charge in [0.1, 0.15) is 23.7 Å². The second kappa shape index (κ2) is 10.2. The Morgan fingerprint density at radius 3 is 2.68 bits per heavy atom. The van der Waals surface area contributed by atoms with Crippen LogP contribution in [0.3, 0.4) is 0 Å². The predicted octanol–water partition coefficient (Wildman–Crippen LogP) is 2.76. The van der Waals surface area contributed by atoms with Crippen molar-refractivity contribution < 1.29 is 23.2 Å². The summed E-state index contributed by atoms with van der Waals surface area (Å²) in [4.78, 5) is 20.9. The molecule has 0 spiro atoms. The fourth-order valence-electron chi connectivity index (χ4n) is 3.26. The molecule has 182 valence electrons. The van der Waals surface area contributed by atoms with Crippen LogP contribution in [0.4, 0.5) is 21.6 Å². The molecule has 9 nitrogen and oxygen atoms in total. The Hall–Kier alpha value is -3.44. The molecule has 34 heavy (non-hydrogen) atoms. The van der Waals surface area contributed by atoms with Gasteiger partial charge >= 0.3 is 0 Å². The standard InChI is InChI=1S/C23H28FN5O4S/c1-13-8-17(29-34(4,5)32)10-19-21(13)22(27-12-26-19)28-18-7-6-16(24)9-20(18)33-15(3)23(31)25-11-14(2)30/h6-10,12,14-15,30H,4,11H2,1-3,5H3,(H,25,31)(H,29,32)(H,26,27,28)/t14?,15-,34?/m1/s1. The highest BCUT2D eigenvalue weighted by molar-refractivity contribution is 8.00. The minimum atomic E-state index is -2.47. The Morgan fingerprint density at radius 2 is 2.00 bits per heavy atom. The van der Waals surface area contributed by atoms with E-state index >= 15 is 0 Å². The molecule has 3 atom stereocenters. The Bertz CT molecular complexity index is 1310. The van der Waals surface area contributed by atoms with E-state index in [9.17, 15) is 18.5 Å². The number of halogens is 1. The van der Waals surface area contributed by atoms with Crippen LogP contribution in [0.2, 0.25) is 0 Å². The molecule has 3 rings (SSSR count). The monoisotopic (exact) mass is 489 g/mol. The molecule has 0 saturated heterocycles. The highest BCUT2D eigenvalue weighted by Gasteiger charge is 2.18. The molecular weight excluding hydrogens is 461 g/mol. The molecule has 0 radical (unpaired) electrons. The first kappa shape index (κ1) is 25.2. The van der Waals surface area contributed by atoms with Crippen molar-refractivity contribution in [3.05, 3.63) is 48.0 Å². The number of nitrogens with one attached hydrogen (secondary N) is 3. The summed E-state index contributed by atoms with van der Waals surface area (Å²) in [5.74, 6) is 3.19. The van der Waals surface area contributed by atoms with Crippen molar-refractivity contribution in [3.63, 3.8) is 0 Å². The van der Waals surface area contributed by atoms with Gasteiger partial charge in [0.2, 0.25) is 0 Å². The predicted molar refractivity (Wildman–Crippen MR) is 134 cm³/mol. The highest BCUT2D eigenvalue weighted by atomic mass is 32.2. The molecule has 0 aliphatic carbocycles. The van der Waals surface area contributed by atoms with Gasteiger partial charge in [0.15, 0.2) is 6.10 Å². The van der Waals surface area contributed by atoms with Crippen molar-refractivity contribution in [1.29, 1.82) is 0 Å². The normalized spacial score (nSPS) is 14.6. The third-order valence-electron chi connectivity index (χ3n) is 4.71. The van der Waals surface area contributed by atoms with Crippen LogP contribution in [0, 0.1) is 12.7 Å². The van der Waals surface area contributed by atoms with E-state index in [1.165, 1.54) is 37.7 Å². The number of aliphatic hydroxyl groups excluding tert-OH is 1. The van der Waals surface area contributed by atoms with Crippen LogP contribution in [0.1, 0.15) is 19.4 Å². The van der Waals surface area contributed by atoms with Gasteiger partial charge in [0, 0.05) is 39.6 Å². The van der Waals surface area contributed by atoms with E-state index < -0.39 is 33.6 Å². The first-order valence-corrected chi connectivity index (χ1v) is 12.6. The van der Waals surface area contributed by atoms with Gasteiger partial charge < -0.3 is 25.2 Å². The van der Waals surface area contributed by atoms with Gasteiger partial charge in [-0.25, -0.2) is 18.6 Å². The topological polar surface area (TPSA) is 125 Å². The maximum atomic E-state index is 14.0. The maximum absolute atomic E-state index is 14.0. The number of anilines is 3. The highest BCUT2D eigenvalue weighted by Crippen LogP contribution is 2.33. The van der Waals surface area contributed by atoms with E-state index in [2.05, 4.69) is 31.2 Å². The number of carbonyl (C=O) groups excluding carboxylic acids is 1. The molecule has 0 aliphatic rings. The first-order chi connectivity index (χ1) is 15.9. The van der Waals surface area contributed by atoms with Crippen molar-refractivity contribution in [1.82, 2.24) is 15.3 Å². The summed E-state index contributed by atoms with van der Waals surface area (Å²) in [6.07, 6.45) is 1.23. The summed E-state index contributed by atoms with van der Waals surface area (Å²) < 4.78 is 34.6. The van der Waals surface area contributed by atoms with Gasteiger partial charge in [-0.15, -0.1) is 0 Å². The van der Waals surface area contributed by atoms with Gasteiger partial charge in [-0.1, -0.05) is 0 Å². The third-order valence-corrected chi connectivity index (χ3v) is 5.38. The van der Waals surface area contributed by atoms with Crippen LogP contribution in [0.15, 0.2) is 36.7 Å². The number of fused-ring (bicyclic) bond motifs is 1. The summed E-state index contributed by atoms with van der Waals surface area (Å²) in [7, 11) is -2.47. The smallest absolute Gasteiger partial charge is 0.260 e. The maximum Gasteiger partial charge on any atom is 0.260 e. The molecule has 0 saturated carbocycles. The number of aliphatic hydroxyl groups is 1. The fourth-order valence-corrected chi connectivity index (χ4v) is 3.87. The van der Waals surface area contributed by atoms with E-state index in [-0.39, 0.29) is 12.3 Å². The zero-order valence-electron chi connectivity index (χ0n) is 19.4. The zero-order valence-corrected chi connectivity index (χ0v) is 20.2. The van der Waals surface area contributed by atoms with Crippen LogP contribution < -0.4 is 20.1 Å². The van der Waals surface area contributed by atoms with E-state index in [1.807, 2.05) is 13.0 Å². The van der Waals surface area contributed by atoms with Crippen LogP contribution in [0.25, 0.3) is 10.9 Å². The molecule has 1 heterocycles. The SMILES string of the molecule is C=S(C)(=O)Nc1cc(C)c2c(Nc3ccc(F)cc3O[C@H](C)C(=O)NCC(C)O)ncnc2c1. The Labute approximate surface area is 197 Å². The average Bonchev–Trinajstić information content (AvgIpc) is 2.72.